The van der Waals surface area contributed by atoms with Crippen LogP contribution in [0.5, 0.6) is 0 Å². The lowest BCUT2D eigenvalue weighted by Gasteiger charge is -2.15. The van der Waals surface area contributed by atoms with Crippen LogP contribution in [0.2, 0.25) is 10.0 Å². The highest BCUT2D eigenvalue weighted by atomic mass is 35.5. The Bertz CT molecular complexity index is 567. The Hall–Kier alpha value is -1.16. The Morgan fingerprint density at radius 1 is 0.944 bits per heavy atom. The van der Waals surface area contributed by atoms with Crippen molar-refractivity contribution >= 4 is 23.2 Å². The molecule has 0 spiro atoms. The van der Waals surface area contributed by atoms with Crippen LogP contribution in [0.4, 0.5) is 8.78 Å². The van der Waals surface area contributed by atoms with Crippen LogP contribution in [0.1, 0.15) is 17.2 Å². The van der Waals surface area contributed by atoms with E-state index in [9.17, 15) is 13.9 Å². The van der Waals surface area contributed by atoms with Crippen molar-refractivity contribution < 1.29 is 13.9 Å². The van der Waals surface area contributed by atoms with Crippen LogP contribution in [0.25, 0.3) is 0 Å². The lowest BCUT2D eigenvalue weighted by atomic mass is 10.0. The molecule has 2 rings (SSSR count). The van der Waals surface area contributed by atoms with Gasteiger partial charge in [0.15, 0.2) is 11.6 Å². The van der Waals surface area contributed by atoms with E-state index in [0.29, 0.717) is 0 Å². The predicted octanol–water partition coefficient (Wildman–Crippen LogP) is 4.35. The Morgan fingerprint density at radius 2 is 1.50 bits per heavy atom. The maximum absolute atomic E-state index is 13.6. The first-order chi connectivity index (χ1) is 8.52. The average Bonchev–Trinajstić information content (AvgIpc) is 2.32. The highest BCUT2D eigenvalue weighted by Gasteiger charge is 2.21. The van der Waals surface area contributed by atoms with Gasteiger partial charge in [0.1, 0.15) is 6.10 Å². The summed E-state index contributed by atoms with van der Waals surface area (Å²) in [7, 11) is 0. The summed E-state index contributed by atoms with van der Waals surface area (Å²) in [5.41, 5.74) is -0.0460. The van der Waals surface area contributed by atoms with E-state index < -0.39 is 17.7 Å². The Balaban J connectivity index is 2.55. The van der Waals surface area contributed by atoms with E-state index in [1.807, 2.05) is 0 Å². The van der Waals surface area contributed by atoms with Gasteiger partial charge < -0.3 is 5.11 Å². The van der Waals surface area contributed by atoms with Gasteiger partial charge in [-0.1, -0.05) is 41.4 Å². The number of aliphatic hydroxyl groups is 1. The normalized spacial score (nSPS) is 12.5. The number of rotatable bonds is 2. The van der Waals surface area contributed by atoms with Gasteiger partial charge in [-0.3, -0.25) is 0 Å². The van der Waals surface area contributed by atoms with Gasteiger partial charge in [0, 0.05) is 21.2 Å². The molecule has 0 bridgehead atoms. The number of halogens is 4. The third-order valence-electron chi connectivity index (χ3n) is 2.55. The van der Waals surface area contributed by atoms with Crippen molar-refractivity contribution in [3.05, 3.63) is 69.2 Å². The number of hydrogen-bond donors (Lipinski definition) is 1. The first-order valence-electron chi connectivity index (χ1n) is 5.08. The van der Waals surface area contributed by atoms with Crippen molar-refractivity contribution in [1.82, 2.24) is 0 Å². The van der Waals surface area contributed by atoms with Gasteiger partial charge in [-0.15, -0.1) is 0 Å². The second-order valence-corrected chi connectivity index (χ2v) is 4.50. The van der Waals surface area contributed by atoms with E-state index in [1.165, 1.54) is 24.3 Å². The van der Waals surface area contributed by atoms with Crippen LogP contribution in [0.3, 0.4) is 0 Å². The molecule has 0 amide bonds. The highest BCUT2D eigenvalue weighted by molar-refractivity contribution is 6.36. The summed E-state index contributed by atoms with van der Waals surface area (Å²) in [5, 5.41) is 10.5. The Morgan fingerprint density at radius 3 is 2.11 bits per heavy atom. The van der Waals surface area contributed by atoms with Crippen molar-refractivity contribution in [2.45, 2.75) is 6.10 Å². The van der Waals surface area contributed by atoms with Gasteiger partial charge in [0.05, 0.1) is 0 Å². The molecule has 94 valence electrons. The summed E-state index contributed by atoms with van der Waals surface area (Å²) in [4.78, 5) is 0. The van der Waals surface area contributed by atoms with Crippen LogP contribution in [0.15, 0.2) is 36.4 Å². The molecule has 0 aliphatic carbocycles. The van der Waals surface area contributed by atoms with E-state index >= 15 is 0 Å². The molecule has 2 aromatic rings. The molecule has 0 radical (unpaired) electrons. The molecule has 1 atom stereocenters. The van der Waals surface area contributed by atoms with Gasteiger partial charge in [-0.2, -0.15) is 0 Å². The summed E-state index contributed by atoms with van der Waals surface area (Å²) in [6.45, 7) is 0. The van der Waals surface area contributed by atoms with Gasteiger partial charge in [0.25, 0.3) is 0 Å². The van der Waals surface area contributed by atoms with E-state index in [2.05, 4.69) is 0 Å². The fourth-order valence-electron chi connectivity index (χ4n) is 1.66. The molecule has 0 heterocycles. The molecule has 0 fully saturated rings. The van der Waals surface area contributed by atoms with Gasteiger partial charge >= 0.3 is 0 Å². The van der Waals surface area contributed by atoms with Crippen molar-refractivity contribution in [3.63, 3.8) is 0 Å². The van der Waals surface area contributed by atoms with Crippen molar-refractivity contribution in [2.75, 3.05) is 0 Å². The van der Waals surface area contributed by atoms with Crippen molar-refractivity contribution in [3.8, 4) is 0 Å². The summed E-state index contributed by atoms with van der Waals surface area (Å²) in [6.07, 6.45) is -1.41. The smallest absolute Gasteiger partial charge is 0.164 e. The maximum Gasteiger partial charge on any atom is 0.164 e. The molecule has 0 saturated carbocycles. The molecule has 0 aromatic heterocycles. The quantitative estimate of drug-likeness (QED) is 0.871. The van der Waals surface area contributed by atoms with Crippen molar-refractivity contribution in [1.29, 1.82) is 0 Å². The molecule has 1 unspecified atom stereocenters. The number of benzene rings is 2. The third kappa shape index (κ3) is 2.34. The monoisotopic (exact) mass is 288 g/mol. The standard InChI is InChI=1S/C13H8Cl2F2O/c14-8-4-2-5-9(15)11(8)13(18)7-3-1-6-10(16)12(7)17/h1-6,13,18H. The minimum atomic E-state index is -1.41. The van der Waals surface area contributed by atoms with E-state index in [1.54, 1.807) is 6.07 Å². The molecular formula is C13H8Cl2F2O. The zero-order chi connectivity index (χ0) is 13.3. The second kappa shape index (κ2) is 5.22. The summed E-state index contributed by atoms with van der Waals surface area (Å²) < 4.78 is 26.7. The summed E-state index contributed by atoms with van der Waals surface area (Å²) >= 11 is 11.8. The third-order valence-corrected chi connectivity index (χ3v) is 3.21. The number of hydrogen-bond acceptors (Lipinski definition) is 1. The van der Waals surface area contributed by atoms with Gasteiger partial charge in [0.2, 0.25) is 0 Å². The summed E-state index contributed by atoms with van der Waals surface area (Å²) in [5.74, 6) is -2.14. The zero-order valence-corrected chi connectivity index (χ0v) is 10.5. The minimum absolute atomic E-state index is 0.158. The predicted molar refractivity (Wildman–Crippen MR) is 66.9 cm³/mol. The second-order valence-electron chi connectivity index (χ2n) is 3.68. The van der Waals surface area contributed by atoms with E-state index in [0.717, 1.165) is 6.07 Å². The molecule has 0 aliphatic heterocycles. The average molecular weight is 289 g/mol. The minimum Gasteiger partial charge on any atom is -0.383 e. The Kier molecular flexibility index (Phi) is 3.85. The molecule has 5 heteroatoms. The van der Waals surface area contributed by atoms with Crippen molar-refractivity contribution in [2.24, 2.45) is 0 Å². The lowest BCUT2D eigenvalue weighted by molar-refractivity contribution is 0.213. The first kappa shape index (κ1) is 13.3. The zero-order valence-electron chi connectivity index (χ0n) is 9.00. The van der Waals surface area contributed by atoms with E-state index in [-0.39, 0.29) is 21.2 Å². The molecule has 1 nitrogen and oxygen atoms in total. The SMILES string of the molecule is OC(c1cccc(F)c1F)c1c(Cl)cccc1Cl. The molecule has 0 saturated heterocycles. The van der Waals surface area contributed by atoms with Gasteiger partial charge in [-0.05, 0) is 18.2 Å². The number of aliphatic hydroxyl groups excluding tert-OH is 1. The molecule has 0 aliphatic rings. The Labute approximate surface area is 113 Å². The van der Waals surface area contributed by atoms with Crippen LogP contribution in [0, 0.1) is 11.6 Å². The largest absolute Gasteiger partial charge is 0.383 e. The molecule has 1 N–H and O–H groups in total. The molecule has 2 aromatic carbocycles. The van der Waals surface area contributed by atoms with E-state index in [4.69, 9.17) is 23.2 Å². The topological polar surface area (TPSA) is 20.2 Å². The molecular weight excluding hydrogens is 281 g/mol. The first-order valence-corrected chi connectivity index (χ1v) is 5.84. The van der Waals surface area contributed by atoms with Crippen LogP contribution in [-0.4, -0.2) is 5.11 Å². The van der Waals surface area contributed by atoms with Gasteiger partial charge in [-0.25, -0.2) is 8.78 Å². The highest BCUT2D eigenvalue weighted by Crippen LogP contribution is 2.35. The molecule has 18 heavy (non-hydrogen) atoms. The van der Waals surface area contributed by atoms with Crippen LogP contribution < -0.4 is 0 Å². The summed E-state index contributed by atoms with van der Waals surface area (Å²) in [6, 6.07) is 8.19. The maximum atomic E-state index is 13.6. The van der Waals surface area contributed by atoms with Crippen LogP contribution in [-0.2, 0) is 0 Å². The lowest BCUT2D eigenvalue weighted by Crippen LogP contribution is -2.05. The fraction of sp³-hybridized carbons (Fsp3) is 0.0769. The fourth-order valence-corrected chi connectivity index (χ4v) is 2.26. The van der Waals surface area contributed by atoms with Crippen LogP contribution >= 0.6 is 23.2 Å².